The Hall–Kier alpha value is -1.99. The molecule has 1 aromatic carbocycles. The van der Waals surface area contributed by atoms with E-state index in [0.29, 0.717) is 34.6 Å². The Morgan fingerprint density at radius 1 is 0.955 bits per heavy atom. The Balaban J connectivity index is 2.45. The summed E-state index contributed by atoms with van der Waals surface area (Å²) >= 11 is 0. The summed E-state index contributed by atoms with van der Waals surface area (Å²) in [6.07, 6.45) is 3.26. The maximum absolute atomic E-state index is 13.5. The van der Waals surface area contributed by atoms with Crippen molar-refractivity contribution in [2.45, 2.75) is 138 Å². The normalized spacial score (nSPS) is 16.2. The zero-order valence-electron chi connectivity index (χ0n) is 29.4. The number of unbranched alkanes of at least 4 members (excludes halogenated alkanes) is 3. The summed E-state index contributed by atoms with van der Waals surface area (Å²) in [7, 11) is -5.83. The van der Waals surface area contributed by atoms with Crippen molar-refractivity contribution >= 4 is 41.8 Å². The second kappa shape index (κ2) is 13.8. The van der Waals surface area contributed by atoms with Gasteiger partial charge < -0.3 is 19.4 Å². The Bertz CT molecular complexity index is 1320. The fourth-order valence-corrected chi connectivity index (χ4v) is 6.70. The Morgan fingerprint density at radius 3 is 2.02 bits per heavy atom. The van der Waals surface area contributed by atoms with E-state index in [1.54, 1.807) is 27.7 Å². The maximum atomic E-state index is 13.5. The molecule has 44 heavy (non-hydrogen) atoms. The average molecular weight is 655 g/mol. The smallest absolute Gasteiger partial charge is 0.339 e. The number of nitrogens with two attached hydrogens (primary N) is 1. The van der Waals surface area contributed by atoms with Crippen LogP contribution in [0.2, 0.25) is 18.1 Å². The van der Waals surface area contributed by atoms with E-state index in [9.17, 15) is 18.0 Å². The second-order valence-electron chi connectivity index (χ2n) is 15.6. The zero-order chi connectivity index (χ0) is 34.1. The number of amides is 1. The van der Waals surface area contributed by atoms with Crippen LogP contribution < -0.4 is 20.1 Å². The van der Waals surface area contributed by atoms with E-state index in [1.165, 1.54) is 0 Å². The molecule has 0 aromatic heterocycles. The number of hydrogen-bond acceptors (Lipinski definition) is 7. The summed E-state index contributed by atoms with van der Waals surface area (Å²) in [5.41, 5.74) is 2.23. The third-order valence-corrected chi connectivity index (χ3v) is 13.7. The number of fused-ring (bicyclic) bond motifs is 1. The molecule has 0 aliphatic carbocycles. The number of carbonyl (C=O) groups excluding carboxylic acids is 2. The van der Waals surface area contributed by atoms with Crippen LogP contribution in [0.1, 0.15) is 115 Å². The van der Waals surface area contributed by atoms with Crippen molar-refractivity contribution in [2.75, 3.05) is 23.4 Å². The van der Waals surface area contributed by atoms with Gasteiger partial charge >= 0.3 is 5.97 Å². The summed E-state index contributed by atoms with van der Waals surface area (Å²) < 4.78 is 39.1. The van der Waals surface area contributed by atoms with Crippen molar-refractivity contribution in [1.29, 1.82) is 0 Å². The van der Waals surface area contributed by atoms with E-state index in [-0.39, 0.29) is 17.4 Å². The first-order valence-electron chi connectivity index (χ1n) is 15.7. The van der Waals surface area contributed by atoms with E-state index in [1.807, 2.05) is 32.6 Å². The SMILES string of the molecule is Cc1c2c(c(NC(=O)C(C)(C)C)c(C)c1C(=O)OC(C)(C)C)N(CCCCCCO[Si](C)(C)C(C)(C)C)C(NS(N)(=O)=O)C2. The molecular formula is C32H58N4O6SSi. The zero-order valence-corrected chi connectivity index (χ0v) is 31.2. The molecule has 1 heterocycles. The fraction of sp³-hybridized carbons (Fsp3) is 0.750. The van der Waals surface area contributed by atoms with Gasteiger partial charge in [0.25, 0.3) is 10.2 Å². The van der Waals surface area contributed by atoms with Gasteiger partial charge in [-0.3, -0.25) is 4.79 Å². The molecular weight excluding hydrogens is 597 g/mol. The number of nitrogens with zero attached hydrogens (tertiary/aromatic N) is 1. The van der Waals surface area contributed by atoms with Gasteiger partial charge in [0.1, 0.15) is 5.60 Å². The molecule has 0 spiro atoms. The Kier molecular flexibility index (Phi) is 12.0. The lowest BCUT2D eigenvalue weighted by atomic mass is 9.91. The van der Waals surface area contributed by atoms with Crippen LogP contribution in [0, 0.1) is 19.3 Å². The number of ether oxygens (including phenoxy) is 1. The molecule has 1 aliphatic heterocycles. The molecule has 252 valence electrons. The largest absolute Gasteiger partial charge is 0.456 e. The highest BCUT2D eigenvalue weighted by molar-refractivity contribution is 7.87. The molecule has 0 radical (unpaired) electrons. The van der Waals surface area contributed by atoms with Crippen LogP contribution in [0.3, 0.4) is 0 Å². The van der Waals surface area contributed by atoms with Gasteiger partial charge in [-0.15, -0.1) is 0 Å². The van der Waals surface area contributed by atoms with Gasteiger partial charge in [0.05, 0.1) is 23.1 Å². The van der Waals surface area contributed by atoms with Crippen molar-refractivity contribution in [1.82, 2.24) is 4.72 Å². The van der Waals surface area contributed by atoms with Crippen molar-refractivity contribution < 1.29 is 27.2 Å². The van der Waals surface area contributed by atoms with Crippen molar-refractivity contribution in [3.8, 4) is 0 Å². The lowest BCUT2D eigenvalue weighted by molar-refractivity contribution is -0.123. The van der Waals surface area contributed by atoms with Crippen LogP contribution in [0.5, 0.6) is 0 Å². The van der Waals surface area contributed by atoms with Crippen molar-refractivity contribution in [2.24, 2.45) is 10.6 Å². The first-order valence-corrected chi connectivity index (χ1v) is 20.1. The highest BCUT2D eigenvalue weighted by atomic mass is 32.2. The quantitative estimate of drug-likeness (QED) is 0.136. The average Bonchev–Trinajstić information content (AvgIpc) is 3.15. The number of carbonyl (C=O) groups is 2. The Morgan fingerprint density at radius 2 is 1.52 bits per heavy atom. The first-order chi connectivity index (χ1) is 19.8. The third kappa shape index (κ3) is 10.0. The minimum Gasteiger partial charge on any atom is -0.456 e. The first kappa shape index (κ1) is 38.2. The standard InChI is InChI=1S/C32H58N4O6SSi/c1-21-23-20-24(35-43(33,39)40)36(18-16-14-15-17-19-41-44(12,13)32(9,10)11)27(23)26(34-29(38)30(3,4)5)22(2)25(21)28(37)42-31(6,7)8/h24,35H,14-20H2,1-13H3,(H,34,38)(H2,33,39,40). The number of rotatable bonds is 12. The van der Waals surface area contributed by atoms with Gasteiger partial charge in [0, 0.05) is 25.0 Å². The number of hydrogen-bond donors (Lipinski definition) is 3. The van der Waals surface area contributed by atoms with Crippen molar-refractivity contribution in [3.63, 3.8) is 0 Å². The lowest BCUT2D eigenvalue weighted by Gasteiger charge is -2.36. The molecule has 1 amide bonds. The molecule has 1 aliphatic rings. The Labute approximate surface area is 267 Å². The van der Waals surface area contributed by atoms with Gasteiger partial charge in [-0.1, -0.05) is 54.4 Å². The number of benzene rings is 1. The van der Waals surface area contributed by atoms with E-state index >= 15 is 0 Å². The van der Waals surface area contributed by atoms with Crippen LogP contribution in [0.4, 0.5) is 11.4 Å². The van der Waals surface area contributed by atoms with E-state index in [4.69, 9.17) is 14.3 Å². The number of esters is 1. The molecule has 0 saturated heterocycles. The molecule has 1 aromatic rings. The molecule has 1 unspecified atom stereocenters. The monoisotopic (exact) mass is 654 g/mol. The topological polar surface area (TPSA) is 140 Å². The highest BCUT2D eigenvalue weighted by Crippen LogP contribution is 2.45. The minimum absolute atomic E-state index is 0.168. The van der Waals surface area contributed by atoms with Gasteiger partial charge in [0.2, 0.25) is 5.91 Å². The van der Waals surface area contributed by atoms with Gasteiger partial charge in [-0.2, -0.15) is 13.1 Å². The van der Waals surface area contributed by atoms with E-state index in [0.717, 1.165) is 37.9 Å². The van der Waals surface area contributed by atoms with Crippen molar-refractivity contribution in [3.05, 3.63) is 22.3 Å². The second-order valence-corrected chi connectivity index (χ2v) is 21.8. The van der Waals surface area contributed by atoms with Gasteiger partial charge in [0.15, 0.2) is 8.32 Å². The third-order valence-electron chi connectivity index (χ3n) is 8.55. The molecule has 10 nitrogen and oxygen atoms in total. The molecule has 0 bridgehead atoms. The molecule has 12 heteroatoms. The molecule has 1 atom stereocenters. The van der Waals surface area contributed by atoms with Crippen LogP contribution >= 0.6 is 0 Å². The van der Waals surface area contributed by atoms with Crippen LogP contribution in [0.25, 0.3) is 0 Å². The minimum atomic E-state index is -4.04. The van der Waals surface area contributed by atoms with Crippen LogP contribution in [0.15, 0.2) is 0 Å². The van der Waals surface area contributed by atoms with Crippen LogP contribution in [-0.4, -0.2) is 53.5 Å². The molecule has 4 N–H and O–H groups in total. The van der Waals surface area contributed by atoms with Crippen LogP contribution in [-0.2, 0) is 30.6 Å². The summed E-state index contributed by atoms with van der Waals surface area (Å²) in [4.78, 5) is 28.7. The predicted molar refractivity (Wildman–Crippen MR) is 182 cm³/mol. The summed E-state index contributed by atoms with van der Waals surface area (Å²) in [6.45, 7) is 27.0. The highest BCUT2D eigenvalue weighted by Gasteiger charge is 2.39. The summed E-state index contributed by atoms with van der Waals surface area (Å²) in [5, 5.41) is 8.71. The summed E-state index contributed by atoms with van der Waals surface area (Å²) in [5.74, 6) is -0.706. The maximum Gasteiger partial charge on any atom is 0.339 e. The molecule has 2 rings (SSSR count). The van der Waals surface area contributed by atoms with Gasteiger partial charge in [-0.05, 0) is 82.3 Å². The number of nitrogens with one attached hydrogen (secondary N) is 2. The van der Waals surface area contributed by atoms with Gasteiger partial charge in [-0.25, -0.2) is 9.93 Å². The van der Waals surface area contributed by atoms with E-state index < -0.39 is 41.7 Å². The molecule has 0 saturated carbocycles. The lowest BCUT2D eigenvalue weighted by Crippen LogP contribution is -2.49. The van der Waals surface area contributed by atoms with E-state index in [2.05, 4.69) is 43.9 Å². The fourth-order valence-electron chi connectivity index (χ4n) is 5.02. The summed E-state index contributed by atoms with van der Waals surface area (Å²) in [6, 6.07) is 0. The predicted octanol–water partition coefficient (Wildman–Crippen LogP) is 6.31. The molecule has 0 fully saturated rings. The number of anilines is 2.